The van der Waals surface area contributed by atoms with Crippen LogP contribution in [0.4, 0.5) is 8.78 Å². The van der Waals surface area contributed by atoms with Gasteiger partial charge in [0, 0.05) is 12.1 Å². The Balaban J connectivity index is 3.00. The fourth-order valence-corrected chi connectivity index (χ4v) is 0.844. The van der Waals surface area contributed by atoms with Gasteiger partial charge >= 0.3 is 0 Å². The fraction of sp³-hybridized carbons (Fsp3) is 0.111. The molecule has 0 aliphatic rings. The van der Waals surface area contributed by atoms with Gasteiger partial charge in [-0.05, 0) is 6.07 Å². The summed E-state index contributed by atoms with van der Waals surface area (Å²) in [6.07, 6.45) is 3.02. The molecule has 0 bridgehead atoms. The third kappa shape index (κ3) is 1.89. The molecule has 0 aromatic heterocycles. The second-order valence-corrected chi connectivity index (χ2v) is 2.28. The fourth-order valence-electron chi connectivity index (χ4n) is 0.844. The molecule has 2 N–H and O–H groups in total. The van der Waals surface area contributed by atoms with Crippen molar-refractivity contribution in [1.29, 1.82) is 0 Å². The van der Waals surface area contributed by atoms with Crippen molar-refractivity contribution in [2.24, 2.45) is 5.73 Å². The van der Waals surface area contributed by atoms with E-state index in [-0.39, 0.29) is 5.56 Å². The third-order valence-electron chi connectivity index (χ3n) is 1.41. The Morgan fingerprint density at radius 3 is 2.75 bits per heavy atom. The second-order valence-electron chi connectivity index (χ2n) is 2.28. The molecule has 64 valence electrons. The van der Waals surface area contributed by atoms with Crippen LogP contribution in [0, 0.1) is 11.6 Å². The van der Waals surface area contributed by atoms with Crippen LogP contribution in [0.1, 0.15) is 5.56 Å². The van der Waals surface area contributed by atoms with Gasteiger partial charge in [0.25, 0.3) is 0 Å². The van der Waals surface area contributed by atoms with E-state index in [4.69, 9.17) is 5.73 Å². The standard InChI is InChI=1S/C9H9F2N/c10-8-5-1-3-7(9(8)11)4-2-6-12/h1-5H,6,12H2. The van der Waals surface area contributed by atoms with Crippen LogP contribution in [0.25, 0.3) is 6.08 Å². The molecule has 1 aromatic rings. The summed E-state index contributed by atoms with van der Waals surface area (Å²) in [7, 11) is 0. The van der Waals surface area contributed by atoms with Gasteiger partial charge in [0.05, 0.1) is 0 Å². The number of rotatable bonds is 2. The van der Waals surface area contributed by atoms with Gasteiger partial charge in [-0.25, -0.2) is 8.78 Å². The van der Waals surface area contributed by atoms with Gasteiger partial charge in [-0.2, -0.15) is 0 Å². The summed E-state index contributed by atoms with van der Waals surface area (Å²) in [6, 6.07) is 4.02. The van der Waals surface area contributed by atoms with E-state index in [1.165, 1.54) is 18.2 Å². The van der Waals surface area contributed by atoms with E-state index < -0.39 is 11.6 Å². The van der Waals surface area contributed by atoms with Crippen LogP contribution in [-0.2, 0) is 0 Å². The van der Waals surface area contributed by atoms with E-state index in [9.17, 15) is 8.78 Å². The molecule has 0 saturated carbocycles. The first kappa shape index (κ1) is 8.87. The smallest absolute Gasteiger partial charge is 0.166 e. The van der Waals surface area contributed by atoms with Gasteiger partial charge in [0.2, 0.25) is 0 Å². The van der Waals surface area contributed by atoms with Crippen molar-refractivity contribution in [2.45, 2.75) is 0 Å². The predicted molar refractivity (Wildman–Crippen MR) is 44.4 cm³/mol. The van der Waals surface area contributed by atoms with Crippen molar-refractivity contribution in [3.05, 3.63) is 41.5 Å². The van der Waals surface area contributed by atoms with Gasteiger partial charge in [-0.3, -0.25) is 0 Å². The van der Waals surface area contributed by atoms with Crippen LogP contribution in [0.2, 0.25) is 0 Å². The zero-order chi connectivity index (χ0) is 8.97. The number of hydrogen-bond donors (Lipinski definition) is 1. The monoisotopic (exact) mass is 169 g/mol. The summed E-state index contributed by atoms with van der Waals surface area (Å²) in [5, 5.41) is 0. The SMILES string of the molecule is NCC=Cc1cccc(F)c1F. The number of hydrogen-bond acceptors (Lipinski definition) is 1. The summed E-state index contributed by atoms with van der Waals surface area (Å²) in [5.41, 5.74) is 5.38. The third-order valence-corrected chi connectivity index (χ3v) is 1.41. The molecule has 1 aromatic carbocycles. The molecule has 1 nitrogen and oxygen atoms in total. The van der Waals surface area contributed by atoms with Crippen LogP contribution in [0.5, 0.6) is 0 Å². The minimum Gasteiger partial charge on any atom is -0.327 e. The van der Waals surface area contributed by atoms with Crippen molar-refractivity contribution in [3.63, 3.8) is 0 Å². The maximum absolute atomic E-state index is 12.9. The van der Waals surface area contributed by atoms with Crippen LogP contribution >= 0.6 is 0 Å². The number of benzene rings is 1. The summed E-state index contributed by atoms with van der Waals surface area (Å²) < 4.78 is 25.4. The first-order valence-electron chi connectivity index (χ1n) is 3.56. The van der Waals surface area contributed by atoms with Crippen molar-refractivity contribution in [2.75, 3.05) is 6.54 Å². The van der Waals surface area contributed by atoms with Crippen LogP contribution < -0.4 is 5.73 Å². The zero-order valence-electron chi connectivity index (χ0n) is 6.43. The summed E-state index contributed by atoms with van der Waals surface area (Å²) in [5.74, 6) is -1.67. The molecule has 0 unspecified atom stereocenters. The van der Waals surface area contributed by atoms with Gasteiger partial charge < -0.3 is 5.73 Å². The Morgan fingerprint density at radius 1 is 1.33 bits per heavy atom. The average Bonchev–Trinajstić information content (AvgIpc) is 2.08. The first-order chi connectivity index (χ1) is 5.75. The average molecular weight is 169 g/mol. The van der Waals surface area contributed by atoms with Gasteiger partial charge in [0.1, 0.15) is 0 Å². The molecule has 12 heavy (non-hydrogen) atoms. The Morgan fingerprint density at radius 2 is 2.08 bits per heavy atom. The molecular formula is C9H9F2N. The molecule has 0 heterocycles. The molecule has 0 aliphatic heterocycles. The molecule has 0 amide bonds. The maximum atomic E-state index is 12.9. The van der Waals surface area contributed by atoms with Crippen molar-refractivity contribution in [3.8, 4) is 0 Å². The Labute approximate surface area is 69.5 Å². The molecular weight excluding hydrogens is 160 g/mol. The maximum Gasteiger partial charge on any atom is 0.166 e. The van der Waals surface area contributed by atoms with Crippen molar-refractivity contribution >= 4 is 6.08 Å². The Kier molecular flexibility index (Phi) is 2.94. The highest BCUT2D eigenvalue weighted by molar-refractivity contribution is 5.50. The van der Waals surface area contributed by atoms with E-state index in [0.29, 0.717) is 6.54 Å². The van der Waals surface area contributed by atoms with E-state index in [1.807, 2.05) is 0 Å². The van der Waals surface area contributed by atoms with E-state index in [1.54, 1.807) is 6.08 Å². The highest BCUT2D eigenvalue weighted by Crippen LogP contribution is 2.12. The molecule has 1 rings (SSSR count). The lowest BCUT2D eigenvalue weighted by atomic mass is 10.2. The first-order valence-corrected chi connectivity index (χ1v) is 3.56. The number of nitrogens with two attached hydrogens (primary N) is 1. The molecule has 0 fully saturated rings. The normalized spacial score (nSPS) is 10.9. The number of halogens is 2. The molecule has 0 radical (unpaired) electrons. The predicted octanol–water partition coefficient (Wildman–Crippen LogP) is 1.94. The highest BCUT2D eigenvalue weighted by Gasteiger charge is 2.03. The lowest BCUT2D eigenvalue weighted by molar-refractivity contribution is 0.507. The topological polar surface area (TPSA) is 26.0 Å². The van der Waals surface area contributed by atoms with E-state index >= 15 is 0 Å². The Bertz CT molecular complexity index is 295. The van der Waals surface area contributed by atoms with Crippen molar-refractivity contribution in [1.82, 2.24) is 0 Å². The Hall–Kier alpha value is -1.22. The summed E-state index contributed by atoms with van der Waals surface area (Å²) in [4.78, 5) is 0. The molecule has 3 heteroatoms. The minimum absolute atomic E-state index is 0.223. The molecule has 0 spiro atoms. The van der Waals surface area contributed by atoms with Crippen LogP contribution in [0.3, 0.4) is 0 Å². The van der Waals surface area contributed by atoms with Crippen LogP contribution in [-0.4, -0.2) is 6.54 Å². The van der Waals surface area contributed by atoms with E-state index in [0.717, 1.165) is 6.07 Å². The minimum atomic E-state index is -0.839. The van der Waals surface area contributed by atoms with Crippen LogP contribution in [0.15, 0.2) is 24.3 Å². The van der Waals surface area contributed by atoms with Gasteiger partial charge in [-0.15, -0.1) is 0 Å². The van der Waals surface area contributed by atoms with E-state index in [2.05, 4.69) is 0 Å². The summed E-state index contributed by atoms with van der Waals surface area (Å²) >= 11 is 0. The van der Waals surface area contributed by atoms with Gasteiger partial charge in [0.15, 0.2) is 11.6 Å². The molecule has 0 atom stereocenters. The molecule has 0 saturated heterocycles. The summed E-state index contributed by atoms with van der Waals surface area (Å²) in [6.45, 7) is 0.315. The second kappa shape index (κ2) is 3.97. The zero-order valence-corrected chi connectivity index (χ0v) is 6.43. The highest BCUT2D eigenvalue weighted by atomic mass is 19.2. The van der Waals surface area contributed by atoms with Gasteiger partial charge in [-0.1, -0.05) is 24.3 Å². The van der Waals surface area contributed by atoms with Crippen molar-refractivity contribution < 1.29 is 8.78 Å². The lowest BCUT2D eigenvalue weighted by Gasteiger charge is -1.96. The largest absolute Gasteiger partial charge is 0.327 e. The molecule has 0 aliphatic carbocycles. The lowest BCUT2D eigenvalue weighted by Crippen LogP contribution is -1.93. The quantitative estimate of drug-likeness (QED) is 0.719.